The maximum Gasteiger partial charge on any atom is 0.318 e. The molecule has 1 aromatic rings. The molecule has 1 fully saturated rings. The molecule has 0 saturated carbocycles. The van der Waals surface area contributed by atoms with Gasteiger partial charge in [0.15, 0.2) is 12.2 Å². The lowest BCUT2D eigenvalue weighted by molar-refractivity contribution is -0.395. The highest BCUT2D eigenvalue weighted by Gasteiger charge is 2.53. The number of non-ortho nitro benzene ring substituents is 1. The Labute approximate surface area is 209 Å². The fraction of sp³-hybridized carbons (Fsp3) is 0.524. The number of esters is 4. The first-order valence-electron chi connectivity index (χ1n) is 10.6. The molecule has 1 aliphatic rings. The molecule has 2 rings (SSSR count). The molecule has 1 saturated heterocycles. The van der Waals surface area contributed by atoms with Crippen molar-refractivity contribution in [2.45, 2.75) is 65.3 Å². The maximum atomic E-state index is 11.9. The largest absolute Gasteiger partial charge is 0.463 e. The van der Waals surface area contributed by atoms with Crippen molar-refractivity contribution in [2.24, 2.45) is 0 Å². The molecule has 0 N–H and O–H groups in total. The van der Waals surface area contributed by atoms with Crippen molar-refractivity contribution in [2.75, 3.05) is 6.61 Å². The normalized spacial score (nSPS) is 22.8. The van der Waals surface area contributed by atoms with Gasteiger partial charge in [-0.25, -0.2) is 0 Å². The monoisotopic (exact) mass is 528 g/mol. The Morgan fingerprint density at radius 2 is 1.38 bits per heavy atom. The number of carbonyl (C=O) groups excluding carboxylic acids is 4. The first-order chi connectivity index (χ1) is 17.2. The van der Waals surface area contributed by atoms with Crippen LogP contribution in [0.4, 0.5) is 11.4 Å². The predicted molar refractivity (Wildman–Crippen MR) is 117 cm³/mol. The summed E-state index contributed by atoms with van der Waals surface area (Å²) in [6, 6.07) is 1.67. The fourth-order valence-electron chi connectivity index (χ4n) is 3.53. The minimum absolute atomic E-state index is 0.0474. The molecule has 16 heteroatoms. The number of nitro benzene ring substituents is 2. The van der Waals surface area contributed by atoms with E-state index in [1.807, 2.05) is 0 Å². The van der Waals surface area contributed by atoms with Crippen LogP contribution in [0.25, 0.3) is 0 Å². The lowest BCUT2D eigenvalue weighted by Gasteiger charge is -2.43. The second-order valence-corrected chi connectivity index (χ2v) is 7.81. The van der Waals surface area contributed by atoms with Gasteiger partial charge in [-0.15, -0.1) is 0 Å². The van der Waals surface area contributed by atoms with Crippen LogP contribution < -0.4 is 4.74 Å². The third-order valence-electron chi connectivity index (χ3n) is 4.83. The summed E-state index contributed by atoms with van der Waals surface area (Å²) in [4.78, 5) is 68.0. The molecule has 5 atom stereocenters. The number of aryl methyl sites for hydroxylation is 1. The summed E-state index contributed by atoms with van der Waals surface area (Å²) in [5, 5.41) is 22.8. The summed E-state index contributed by atoms with van der Waals surface area (Å²) >= 11 is 0. The highest BCUT2D eigenvalue weighted by Crippen LogP contribution is 2.38. The predicted octanol–water partition coefficient (Wildman–Crippen LogP) is 1.27. The minimum atomic E-state index is -1.75. The van der Waals surface area contributed by atoms with Gasteiger partial charge in [0, 0.05) is 39.3 Å². The van der Waals surface area contributed by atoms with Gasteiger partial charge in [0.1, 0.15) is 12.7 Å². The topological polar surface area (TPSA) is 210 Å². The summed E-state index contributed by atoms with van der Waals surface area (Å²) in [7, 11) is 0. The Kier molecular flexibility index (Phi) is 9.42. The van der Waals surface area contributed by atoms with Gasteiger partial charge in [-0.05, 0) is 6.92 Å². The molecular weight excluding hydrogens is 504 g/mol. The first-order valence-corrected chi connectivity index (χ1v) is 10.6. The van der Waals surface area contributed by atoms with E-state index in [0.29, 0.717) is 6.07 Å². The van der Waals surface area contributed by atoms with Gasteiger partial charge in [-0.1, -0.05) is 0 Å². The smallest absolute Gasteiger partial charge is 0.318 e. The van der Waals surface area contributed by atoms with Crippen LogP contribution >= 0.6 is 0 Å². The van der Waals surface area contributed by atoms with Crippen LogP contribution in [0.5, 0.6) is 5.75 Å². The second kappa shape index (κ2) is 12.1. The van der Waals surface area contributed by atoms with Crippen LogP contribution in [0.2, 0.25) is 0 Å². The fourth-order valence-corrected chi connectivity index (χ4v) is 3.53. The van der Waals surface area contributed by atoms with Crippen molar-refractivity contribution in [3.8, 4) is 5.75 Å². The van der Waals surface area contributed by atoms with E-state index in [1.165, 1.54) is 6.92 Å². The number of hydrogen-bond donors (Lipinski definition) is 0. The molecular formula is C21H24N2O14. The van der Waals surface area contributed by atoms with Gasteiger partial charge < -0.3 is 28.4 Å². The van der Waals surface area contributed by atoms with Gasteiger partial charge >= 0.3 is 29.6 Å². The molecule has 0 aromatic heterocycles. The van der Waals surface area contributed by atoms with Crippen molar-refractivity contribution < 1.29 is 57.4 Å². The van der Waals surface area contributed by atoms with Crippen molar-refractivity contribution in [3.05, 3.63) is 37.9 Å². The number of rotatable bonds is 9. The Morgan fingerprint density at radius 3 is 1.86 bits per heavy atom. The summed E-state index contributed by atoms with van der Waals surface area (Å²) in [5.41, 5.74) is -1.44. The quantitative estimate of drug-likeness (QED) is 0.191. The summed E-state index contributed by atoms with van der Waals surface area (Å²) in [5.74, 6) is -3.86. The zero-order chi connectivity index (χ0) is 28.0. The molecule has 0 aliphatic carbocycles. The molecule has 0 amide bonds. The summed E-state index contributed by atoms with van der Waals surface area (Å²) < 4.78 is 32.1. The molecule has 202 valence electrons. The molecule has 0 spiro atoms. The van der Waals surface area contributed by atoms with Crippen LogP contribution in [0.3, 0.4) is 0 Å². The van der Waals surface area contributed by atoms with Crippen LogP contribution in [0.1, 0.15) is 33.3 Å². The average Bonchev–Trinajstić information content (AvgIpc) is 2.76. The number of nitrogens with zero attached hydrogens (tertiary/aromatic N) is 2. The summed E-state index contributed by atoms with van der Waals surface area (Å²) in [6.07, 6.45) is -7.78. The van der Waals surface area contributed by atoms with Gasteiger partial charge in [0.05, 0.1) is 15.9 Å². The Morgan fingerprint density at radius 1 is 0.838 bits per heavy atom. The number of carbonyl (C=O) groups is 4. The zero-order valence-corrected chi connectivity index (χ0v) is 20.4. The molecule has 0 radical (unpaired) electrons. The average molecular weight is 528 g/mol. The molecule has 0 bridgehead atoms. The van der Waals surface area contributed by atoms with Crippen molar-refractivity contribution in [1.29, 1.82) is 0 Å². The van der Waals surface area contributed by atoms with E-state index in [2.05, 4.69) is 0 Å². The van der Waals surface area contributed by atoms with E-state index in [4.69, 9.17) is 28.4 Å². The van der Waals surface area contributed by atoms with Gasteiger partial charge in [0.2, 0.25) is 18.1 Å². The van der Waals surface area contributed by atoms with E-state index in [1.54, 1.807) is 0 Å². The van der Waals surface area contributed by atoms with E-state index in [0.717, 1.165) is 33.8 Å². The van der Waals surface area contributed by atoms with Crippen LogP contribution in [0, 0.1) is 27.2 Å². The van der Waals surface area contributed by atoms with Crippen LogP contribution in [0.15, 0.2) is 12.1 Å². The van der Waals surface area contributed by atoms with Crippen molar-refractivity contribution in [1.82, 2.24) is 0 Å². The van der Waals surface area contributed by atoms with Gasteiger partial charge in [-0.2, -0.15) is 0 Å². The lowest BCUT2D eigenvalue weighted by Crippen LogP contribution is -2.63. The molecule has 0 unspecified atom stereocenters. The third-order valence-corrected chi connectivity index (χ3v) is 4.83. The number of hydrogen-bond acceptors (Lipinski definition) is 14. The highest BCUT2D eigenvalue weighted by molar-refractivity contribution is 5.69. The van der Waals surface area contributed by atoms with E-state index >= 15 is 0 Å². The molecule has 1 heterocycles. The third kappa shape index (κ3) is 7.57. The molecule has 16 nitrogen and oxygen atoms in total. The molecule has 1 aliphatic heterocycles. The van der Waals surface area contributed by atoms with Crippen molar-refractivity contribution in [3.63, 3.8) is 0 Å². The minimum Gasteiger partial charge on any atom is -0.463 e. The first kappa shape index (κ1) is 28.9. The van der Waals surface area contributed by atoms with Crippen LogP contribution in [-0.4, -0.2) is 71.0 Å². The Hall–Kier alpha value is -4.34. The number of benzene rings is 1. The SMILES string of the molecule is CC(=O)OC[C@@H]1O[C@@H](Oc2c(C)cc([N+](=O)[O-])cc2[N+](=O)[O-])[C@H](OC(C)=O)[C@H](OC(C)=O)[C@@H]1OC(C)=O. The van der Waals surface area contributed by atoms with E-state index < -0.39 is 88.2 Å². The highest BCUT2D eigenvalue weighted by atomic mass is 16.7. The molecule has 37 heavy (non-hydrogen) atoms. The lowest BCUT2D eigenvalue weighted by atomic mass is 9.98. The number of nitro groups is 2. The Bertz CT molecular complexity index is 1100. The van der Waals surface area contributed by atoms with Gasteiger partial charge in [0.25, 0.3) is 5.69 Å². The standard InChI is InChI=1S/C21H24N2O14/c1-9-6-14(22(28)29)7-15(23(30)31)17(9)37-21-20(35-13(5)27)19(34-12(4)26)18(33-11(3)25)16(36-21)8-32-10(2)24/h6-7,16,18-21H,8H2,1-5H3/t16-,18+,19+,20+,21-/m0/s1. The Balaban J connectivity index is 2.63. The number of ether oxygens (including phenoxy) is 6. The van der Waals surface area contributed by atoms with E-state index in [-0.39, 0.29) is 5.56 Å². The van der Waals surface area contributed by atoms with Crippen molar-refractivity contribution >= 4 is 35.3 Å². The molecule has 1 aromatic carbocycles. The maximum absolute atomic E-state index is 11.9. The van der Waals surface area contributed by atoms with Gasteiger partial charge in [-0.3, -0.25) is 39.4 Å². The van der Waals surface area contributed by atoms with Crippen LogP contribution in [-0.2, 0) is 42.9 Å². The second-order valence-electron chi connectivity index (χ2n) is 7.81. The summed E-state index contributed by atoms with van der Waals surface area (Å²) in [6.45, 7) is 4.91. The van der Waals surface area contributed by atoms with E-state index in [9.17, 15) is 39.4 Å². The zero-order valence-electron chi connectivity index (χ0n) is 20.4.